The van der Waals surface area contributed by atoms with Gasteiger partial charge in [-0.3, -0.25) is 0 Å². The average molecular weight is 615 g/mol. The number of H-pyrrole nitrogens is 1. The number of halogens is 1. The van der Waals surface area contributed by atoms with E-state index in [-0.39, 0.29) is 0 Å². The van der Waals surface area contributed by atoms with Gasteiger partial charge in [0.05, 0.1) is 11.0 Å². The summed E-state index contributed by atoms with van der Waals surface area (Å²) in [6.07, 6.45) is 2.55. The Kier molecular flexibility index (Phi) is 9.85. The van der Waals surface area contributed by atoms with Gasteiger partial charge in [-0.15, -0.1) is 0 Å². The molecular formula is C37H48BrN3. The zero-order valence-corrected chi connectivity index (χ0v) is 28.3. The molecule has 0 saturated heterocycles. The van der Waals surface area contributed by atoms with Crippen LogP contribution in [-0.2, 0) is 19.9 Å². The predicted molar refractivity (Wildman–Crippen MR) is 181 cm³/mol. The highest BCUT2D eigenvalue weighted by Gasteiger charge is 2.23. The minimum Gasteiger partial charge on any atom is -0.358 e. The molecule has 1 aliphatic carbocycles. The fraction of sp³-hybridized carbons (Fsp3) is 0.432. The zero-order chi connectivity index (χ0) is 30.0. The van der Waals surface area contributed by atoms with E-state index in [4.69, 9.17) is 0 Å². The Labute approximate surface area is 255 Å². The minimum atomic E-state index is 0.479. The normalized spacial score (nSPS) is 14.4. The SMILES string of the molecule is CC(C)C1Cc2ccc(Br)cc2C1.Cc1[nH]c2c(C)cccc2c1C(C)C.Cc1ccc2c(c1)nc(C(C)C)n2C. The first-order valence-corrected chi connectivity index (χ1v) is 15.9. The molecule has 4 heteroatoms. The fourth-order valence-corrected chi connectivity index (χ4v) is 6.60. The maximum absolute atomic E-state index is 4.64. The zero-order valence-electron chi connectivity index (χ0n) is 26.7. The van der Waals surface area contributed by atoms with Crippen molar-refractivity contribution in [2.45, 2.75) is 87.0 Å². The average Bonchev–Trinajstić information content (AvgIpc) is 3.58. The molecule has 0 bridgehead atoms. The van der Waals surface area contributed by atoms with Gasteiger partial charge < -0.3 is 9.55 Å². The van der Waals surface area contributed by atoms with E-state index in [9.17, 15) is 0 Å². The largest absolute Gasteiger partial charge is 0.358 e. The van der Waals surface area contributed by atoms with Crippen molar-refractivity contribution in [1.29, 1.82) is 0 Å². The molecule has 5 aromatic rings. The number of aryl methyl sites for hydroxylation is 4. The van der Waals surface area contributed by atoms with Crippen LogP contribution in [0.15, 0.2) is 59.1 Å². The number of nitrogens with zero attached hydrogens (tertiary/aromatic N) is 2. The smallest absolute Gasteiger partial charge is 0.112 e. The first-order chi connectivity index (χ1) is 19.4. The molecular weight excluding hydrogens is 566 g/mol. The van der Waals surface area contributed by atoms with Crippen LogP contribution in [0, 0.1) is 32.6 Å². The predicted octanol–water partition coefficient (Wildman–Crippen LogP) is 10.7. The number of fused-ring (bicyclic) bond motifs is 3. The van der Waals surface area contributed by atoms with E-state index in [1.165, 1.54) is 56.1 Å². The van der Waals surface area contributed by atoms with Gasteiger partial charge in [0.2, 0.25) is 0 Å². The van der Waals surface area contributed by atoms with E-state index in [1.54, 1.807) is 11.1 Å². The van der Waals surface area contributed by atoms with Gasteiger partial charge in [0.15, 0.2) is 0 Å². The summed E-state index contributed by atoms with van der Waals surface area (Å²) < 4.78 is 3.40. The molecule has 218 valence electrons. The second-order valence-corrected chi connectivity index (χ2v) is 13.7. The lowest BCUT2D eigenvalue weighted by atomic mass is 9.93. The summed E-state index contributed by atoms with van der Waals surface area (Å²) in [7, 11) is 2.08. The number of aromatic nitrogens is 3. The fourth-order valence-electron chi connectivity index (χ4n) is 6.20. The standard InChI is InChI=1S/C13H17N.C12H15Br.C12H16N2/c1-8(2)12-10(4)14-13-9(3)6-5-7-11(12)13;1-8(2)10-5-9-3-4-12(13)7-11(9)6-10;1-8(2)12-13-10-7-9(3)5-6-11(10)14(12)4/h5-8,14H,1-4H3;3-4,7-8,10H,5-6H2,1-2H3;5-8H,1-4H3. The third-order valence-electron chi connectivity index (χ3n) is 8.52. The number of para-hydroxylation sites is 1. The quantitative estimate of drug-likeness (QED) is 0.216. The van der Waals surface area contributed by atoms with Gasteiger partial charge in [0, 0.05) is 34.0 Å². The number of imidazole rings is 1. The highest BCUT2D eigenvalue weighted by atomic mass is 79.9. The molecule has 41 heavy (non-hydrogen) atoms. The van der Waals surface area contributed by atoms with Gasteiger partial charge in [-0.05, 0) is 103 Å². The van der Waals surface area contributed by atoms with E-state index in [0.29, 0.717) is 11.8 Å². The Morgan fingerprint density at radius 3 is 2.22 bits per heavy atom. The van der Waals surface area contributed by atoms with Crippen molar-refractivity contribution >= 4 is 37.9 Å². The molecule has 0 radical (unpaired) electrons. The molecule has 0 aliphatic heterocycles. The van der Waals surface area contributed by atoms with Gasteiger partial charge in [0.25, 0.3) is 0 Å². The lowest BCUT2D eigenvalue weighted by Crippen LogP contribution is -2.07. The maximum atomic E-state index is 4.64. The Balaban J connectivity index is 0.000000142. The number of rotatable bonds is 3. The molecule has 3 nitrogen and oxygen atoms in total. The summed E-state index contributed by atoms with van der Waals surface area (Å²) in [5.74, 6) is 3.90. The minimum absolute atomic E-state index is 0.479. The summed E-state index contributed by atoms with van der Waals surface area (Å²) in [5, 5.41) is 1.39. The van der Waals surface area contributed by atoms with Crippen LogP contribution in [0.4, 0.5) is 0 Å². The summed E-state index contributed by atoms with van der Waals surface area (Å²) in [4.78, 5) is 8.11. The lowest BCUT2D eigenvalue weighted by molar-refractivity contribution is 0.404. The van der Waals surface area contributed by atoms with E-state index in [0.717, 1.165) is 23.2 Å². The Bertz CT molecular complexity index is 1630. The summed E-state index contributed by atoms with van der Waals surface area (Å²) in [5.41, 5.74) is 12.1. The number of benzene rings is 3. The van der Waals surface area contributed by atoms with E-state index in [1.807, 2.05) is 0 Å². The van der Waals surface area contributed by atoms with Crippen LogP contribution in [0.5, 0.6) is 0 Å². The van der Waals surface area contributed by atoms with Crippen molar-refractivity contribution < 1.29 is 0 Å². The van der Waals surface area contributed by atoms with E-state index < -0.39 is 0 Å². The molecule has 1 unspecified atom stereocenters. The molecule has 1 atom stereocenters. The van der Waals surface area contributed by atoms with Crippen LogP contribution in [0.2, 0.25) is 0 Å². The topological polar surface area (TPSA) is 33.6 Å². The van der Waals surface area contributed by atoms with Crippen LogP contribution >= 0.6 is 15.9 Å². The first kappa shape index (κ1) is 31.1. The third-order valence-corrected chi connectivity index (χ3v) is 9.01. The second kappa shape index (κ2) is 13.0. The summed E-state index contributed by atoms with van der Waals surface area (Å²) in [6.45, 7) is 19.9. The van der Waals surface area contributed by atoms with Crippen molar-refractivity contribution in [1.82, 2.24) is 14.5 Å². The van der Waals surface area contributed by atoms with Gasteiger partial charge in [-0.1, -0.05) is 87.8 Å². The number of aromatic amines is 1. The molecule has 2 aromatic heterocycles. The van der Waals surface area contributed by atoms with Crippen LogP contribution in [0.3, 0.4) is 0 Å². The molecule has 3 aromatic carbocycles. The molecule has 0 spiro atoms. The van der Waals surface area contributed by atoms with E-state index >= 15 is 0 Å². The highest BCUT2D eigenvalue weighted by Crippen LogP contribution is 2.33. The third kappa shape index (κ3) is 6.97. The van der Waals surface area contributed by atoms with Crippen molar-refractivity contribution in [3.63, 3.8) is 0 Å². The van der Waals surface area contributed by atoms with Crippen LogP contribution < -0.4 is 0 Å². The molecule has 0 fully saturated rings. The molecule has 1 aliphatic rings. The molecule has 6 rings (SSSR count). The molecule has 0 saturated carbocycles. The second-order valence-electron chi connectivity index (χ2n) is 12.8. The summed E-state index contributed by atoms with van der Waals surface area (Å²) >= 11 is 3.52. The number of hydrogen-bond acceptors (Lipinski definition) is 1. The summed E-state index contributed by atoms with van der Waals surface area (Å²) in [6, 6.07) is 19.6. The van der Waals surface area contributed by atoms with Crippen LogP contribution in [0.25, 0.3) is 21.9 Å². The molecule has 0 amide bonds. The lowest BCUT2D eigenvalue weighted by Gasteiger charge is -2.12. The number of nitrogens with one attached hydrogen (secondary N) is 1. The van der Waals surface area contributed by atoms with Crippen LogP contribution in [0.1, 0.15) is 92.7 Å². The van der Waals surface area contributed by atoms with Gasteiger partial charge in [-0.25, -0.2) is 4.98 Å². The maximum Gasteiger partial charge on any atom is 0.112 e. The Hall–Kier alpha value is -2.85. The van der Waals surface area contributed by atoms with Crippen molar-refractivity contribution in [3.8, 4) is 0 Å². The van der Waals surface area contributed by atoms with Gasteiger partial charge in [0.1, 0.15) is 5.82 Å². The first-order valence-electron chi connectivity index (χ1n) is 15.1. The van der Waals surface area contributed by atoms with Gasteiger partial charge >= 0.3 is 0 Å². The van der Waals surface area contributed by atoms with Crippen molar-refractivity contribution in [2.75, 3.05) is 0 Å². The number of hydrogen-bond donors (Lipinski definition) is 1. The molecule has 1 N–H and O–H groups in total. The van der Waals surface area contributed by atoms with Crippen molar-refractivity contribution in [3.05, 3.63) is 98.4 Å². The monoisotopic (exact) mass is 613 g/mol. The Morgan fingerprint density at radius 1 is 0.854 bits per heavy atom. The Morgan fingerprint density at radius 2 is 1.56 bits per heavy atom. The van der Waals surface area contributed by atoms with E-state index in [2.05, 4.69) is 154 Å². The van der Waals surface area contributed by atoms with Crippen molar-refractivity contribution in [2.24, 2.45) is 18.9 Å². The van der Waals surface area contributed by atoms with Crippen LogP contribution in [-0.4, -0.2) is 14.5 Å². The molecule has 2 heterocycles. The highest BCUT2D eigenvalue weighted by molar-refractivity contribution is 9.10. The van der Waals surface area contributed by atoms with Gasteiger partial charge in [-0.2, -0.15) is 0 Å².